The molecular formula is C17H19N3O3S. The van der Waals surface area contributed by atoms with Crippen LogP contribution in [0.15, 0.2) is 58.5 Å². The Balaban J connectivity index is 1.99. The summed E-state index contributed by atoms with van der Waals surface area (Å²) in [4.78, 5) is 11.9. The van der Waals surface area contributed by atoms with Gasteiger partial charge in [0.15, 0.2) is 0 Å². The highest BCUT2D eigenvalue weighted by atomic mass is 32.2. The summed E-state index contributed by atoms with van der Waals surface area (Å²) < 4.78 is 22.3. The fourth-order valence-corrected chi connectivity index (χ4v) is 2.51. The molecule has 0 fully saturated rings. The molecule has 3 N–H and O–H groups in total. The van der Waals surface area contributed by atoms with Gasteiger partial charge in [-0.25, -0.2) is 19.0 Å². The molecule has 2 rings (SSSR count). The number of hydrazone groups is 1. The van der Waals surface area contributed by atoms with Crippen LogP contribution in [0, 0.1) is 0 Å². The summed E-state index contributed by atoms with van der Waals surface area (Å²) in [6, 6.07) is 13.2. The van der Waals surface area contributed by atoms with E-state index in [2.05, 4.69) is 24.4 Å². The zero-order chi connectivity index (χ0) is 17.7. The highest BCUT2D eigenvalue weighted by molar-refractivity contribution is 7.89. The van der Waals surface area contributed by atoms with E-state index in [-0.39, 0.29) is 10.5 Å². The van der Waals surface area contributed by atoms with Crippen molar-refractivity contribution in [3.05, 3.63) is 65.2 Å². The minimum Gasteiger partial charge on any atom is -0.267 e. The van der Waals surface area contributed by atoms with Crippen molar-refractivity contribution < 1.29 is 13.2 Å². The topological polar surface area (TPSA) is 102 Å². The molecule has 0 aliphatic rings. The van der Waals surface area contributed by atoms with Crippen LogP contribution in [0.2, 0.25) is 0 Å². The van der Waals surface area contributed by atoms with Gasteiger partial charge in [0.1, 0.15) is 0 Å². The summed E-state index contributed by atoms with van der Waals surface area (Å²) in [5.41, 5.74) is 4.77. The number of benzene rings is 2. The van der Waals surface area contributed by atoms with Crippen LogP contribution in [0.5, 0.6) is 0 Å². The van der Waals surface area contributed by atoms with Gasteiger partial charge in [-0.15, -0.1) is 0 Å². The fraction of sp³-hybridized carbons (Fsp3) is 0.176. The number of hydrogen-bond donors (Lipinski definition) is 2. The van der Waals surface area contributed by atoms with E-state index in [0.717, 1.165) is 5.56 Å². The Morgan fingerprint density at radius 3 is 2.17 bits per heavy atom. The van der Waals surface area contributed by atoms with E-state index in [9.17, 15) is 13.2 Å². The quantitative estimate of drug-likeness (QED) is 0.641. The first-order chi connectivity index (χ1) is 11.3. The second-order valence-electron chi connectivity index (χ2n) is 5.59. The van der Waals surface area contributed by atoms with Crippen molar-refractivity contribution in [3.63, 3.8) is 0 Å². The predicted octanol–water partition coefficient (Wildman–Crippen LogP) is 2.22. The molecule has 0 aliphatic heterocycles. The van der Waals surface area contributed by atoms with E-state index in [1.807, 2.05) is 24.3 Å². The third-order valence-electron chi connectivity index (χ3n) is 3.43. The van der Waals surface area contributed by atoms with E-state index in [1.165, 1.54) is 29.8 Å². The summed E-state index contributed by atoms with van der Waals surface area (Å²) in [7, 11) is -3.77. The van der Waals surface area contributed by atoms with Crippen molar-refractivity contribution >= 4 is 22.1 Å². The molecule has 0 radical (unpaired) electrons. The van der Waals surface area contributed by atoms with Crippen LogP contribution in [-0.2, 0) is 10.0 Å². The number of rotatable bonds is 5. The first kappa shape index (κ1) is 17.8. The minimum absolute atomic E-state index is 0.0483. The van der Waals surface area contributed by atoms with E-state index in [0.29, 0.717) is 5.92 Å². The zero-order valence-corrected chi connectivity index (χ0v) is 14.2. The molecule has 0 bridgehead atoms. The highest BCUT2D eigenvalue weighted by Crippen LogP contribution is 2.14. The third kappa shape index (κ3) is 4.74. The van der Waals surface area contributed by atoms with Crippen LogP contribution in [0.4, 0.5) is 0 Å². The lowest BCUT2D eigenvalue weighted by Gasteiger charge is -2.04. The van der Waals surface area contributed by atoms with Gasteiger partial charge in [-0.3, -0.25) is 4.79 Å². The average molecular weight is 345 g/mol. The number of nitrogens with zero attached hydrogens (tertiary/aromatic N) is 1. The average Bonchev–Trinajstić information content (AvgIpc) is 2.54. The van der Waals surface area contributed by atoms with Crippen molar-refractivity contribution in [3.8, 4) is 0 Å². The van der Waals surface area contributed by atoms with Gasteiger partial charge < -0.3 is 0 Å². The molecule has 0 saturated carbocycles. The van der Waals surface area contributed by atoms with Gasteiger partial charge in [-0.05, 0) is 41.3 Å². The van der Waals surface area contributed by atoms with Crippen molar-refractivity contribution in [2.45, 2.75) is 24.7 Å². The molecule has 1 amide bonds. The van der Waals surface area contributed by atoms with Crippen LogP contribution >= 0.6 is 0 Å². The van der Waals surface area contributed by atoms with Gasteiger partial charge in [0.2, 0.25) is 10.0 Å². The summed E-state index contributed by atoms with van der Waals surface area (Å²) in [5, 5.41) is 8.90. The van der Waals surface area contributed by atoms with Gasteiger partial charge in [-0.2, -0.15) is 5.10 Å². The maximum absolute atomic E-state index is 11.9. The van der Waals surface area contributed by atoms with Crippen molar-refractivity contribution in [2.24, 2.45) is 10.2 Å². The molecule has 0 heterocycles. The number of amides is 1. The molecule has 0 unspecified atom stereocenters. The minimum atomic E-state index is -3.77. The van der Waals surface area contributed by atoms with E-state index in [1.54, 1.807) is 6.21 Å². The Morgan fingerprint density at radius 2 is 1.67 bits per heavy atom. The molecule has 24 heavy (non-hydrogen) atoms. The second kappa shape index (κ2) is 7.37. The van der Waals surface area contributed by atoms with Gasteiger partial charge in [-0.1, -0.05) is 38.1 Å². The van der Waals surface area contributed by atoms with Crippen molar-refractivity contribution in [1.29, 1.82) is 0 Å². The Labute approximate surface area is 141 Å². The van der Waals surface area contributed by atoms with Crippen molar-refractivity contribution in [1.82, 2.24) is 5.43 Å². The van der Waals surface area contributed by atoms with Crippen LogP contribution in [0.25, 0.3) is 0 Å². The summed E-state index contributed by atoms with van der Waals surface area (Å²) in [5.74, 6) is 0.0158. The summed E-state index contributed by atoms with van der Waals surface area (Å²) in [6.45, 7) is 4.23. The molecule has 0 saturated heterocycles. The molecule has 2 aromatic carbocycles. The first-order valence-electron chi connectivity index (χ1n) is 7.33. The fourth-order valence-electron chi connectivity index (χ4n) is 1.99. The lowest BCUT2D eigenvalue weighted by atomic mass is 10.0. The van der Waals surface area contributed by atoms with Gasteiger partial charge in [0.25, 0.3) is 5.91 Å². The highest BCUT2D eigenvalue weighted by Gasteiger charge is 2.09. The van der Waals surface area contributed by atoms with Gasteiger partial charge in [0.05, 0.1) is 11.1 Å². The molecule has 2 aromatic rings. The van der Waals surface area contributed by atoms with Gasteiger partial charge >= 0.3 is 0 Å². The standard InChI is InChI=1S/C17H19N3O3S/c1-12(2)14-5-3-13(4-6-14)11-19-20-17(21)15-7-9-16(10-8-15)24(18,22)23/h3-12H,1-2H3,(H,20,21)(H2,18,22,23)/b19-11+. The normalized spacial score (nSPS) is 11.8. The summed E-state index contributed by atoms with van der Waals surface area (Å²) in [6.07, 6.45) is 1.54. The molecule has 7 heteroatoms. The SMILES string of the molecule is CC(C)c1ccc(/C=N/NC(=O)c2ccc(S(N)(=O)=O)cc2)cc1. The largest absolute Gasteiger partial charge is 0.271 e. The molecule has 0 atom stereocenters. The number of sulfonamides is 1. The maximum Gasteiger partial charge on any atom is 0.271 e. The van der Waals surface area contributed by atoms with Crippen LogP contribution in [0.1, 0.15) is 41.3 Å². The first-order valence-corrected chi connectivity index (χ1v) is 8.88. The molecule has 0 aliphatic carbocycles. The Bertz CT molecular complexity index is 840. The lowest BCUT2D eigenvalue weighted by Crippen LogP contribution is -2.18. The Kier molecular flexibility index (Phi) is 5.48. The molecule has 6 nitrogen and oxygen atoms in total. The monoisotopic (exact) mass is 345 g/mol. The molecule has 0 spiro atoms. The second-order valence-corrected chi connectivity index (χ2v) is 7.15. The number of carbonyl (C=O) groups is 1. The number of primary sulfonamides is 1. The number of carbonyl (C=O) groups excluding carboxylic acids is 1. The number of hydrogen-bond acceptors (Lipinski definition) is 4. The van der Waals surface area contributed by atoms with E-state index in [4.69, 9.17) is 5.14 Å². The number of nitrogens with one attached hydrogen (secondary N) is 1. The zero-order valence-electron chi connectivity index (χ0n) is 13.4. The van der Waals surface area contributed by atoms with Crippen LogP contribution in [-0.4, -0.2) is 20.5 Å². The Hall–Kier alpha value is -2.51. The maximum atomic E-state index is 11.9. The van der Waals surface area contributed by atoms with Crippen LogP contribution < -0.4 is 10.6 Å². The van der Waals surface area contributed by atoms with E-state index < -0.39 is 15.9 Å². The third-order valence-corrected chi connectivity index (χ3v) is 4.36. The molecule has 126 valence electrons. The molecule has 0 aromatic heterocycles. The van der Waals surface area contributed by atoms with E-state index >= 15 is 0 Å². The van der Waals surface area contributed by atoms with Crippen LogP contribution in [0.3, 0.4) is 0 Å². The number of nitrogens with two attached hydrogens (primary N) is 1. The smallest absolute Gasteiger partial charge is 0.267 e. The van der Waals surface area contributed by atoms with Gasteiger partial charge in [0, 0.05) is 5.56 Å². The summed E-state index contributed by atoms with van der Waals surface area (Å²) >= 11 is 0. The lowest BCUT2D eigenvalue weighted by molar-refractivity contribution is 0.0955. The Morgan fingerprint density at radius 1 is 1.08 bits per heavy atom. The van der Waals surface area contributed by atoms with Crippen molar-refractivity contribution in [2.75, 3.05) is 0 Å². The molecular weight excluding hydrogens is 326 g/mol. The predicted molar refractivity (Wildman–Crippen MR) is 93.4 cm³/mol.